The van der Waals surface area contributed by atoms with E-state index in [1.807, 2.05) is 20.8 Å². The van der Waals surface area contributed by atoms with Crippen LogP contribution in [0.3, 0.4) is 0 Å². The maximum absolute atomic E-state index is 12.8. The van der Waals surface area contributed by atoms with E-state index in [1.165, 1.54) is 0 Å². The summed E-state index contributed by atoms with van der Waals surface area (Å²) in [7, 11) is -7.01. The molecule has 1 aliphatic rings. The Hall–Kier alpha value is -0.920. The Morgan fingerprint density at radius 1 is 1.18 bits per heavy atom. The van der Waals surface area contributed by atoms with E-state index in [-0.39, 0.29) is 22.4 Å². The first-order valence-electron chi connectivity index (χ1n) is 7.45. The SMILES string of the molecule is CCc1ccc(S(=O)(=O)[C@H]2CS(=O)(=O)C[C@H]2NC(C)C)cc1. The van der Waals surface area contributed by atoms with E-state index in [4.69, 9.17) is 0 Å². The van der Waals surface area contributed by atoms with Crippen molar-refractivity contribution >= 4 is 19.7 Å². The van der Waals surface area contributed by atoms with Crippen LogP contribution < -0.4 is 5.32 Å². The molecular weight excluding hydrogens is 322 g/mol. The van der Waals surface area contributed by atoms with E-state index in [9.17, 15) is 16.8 Å². The van der Waals surface area contributed by atoms with Gasteiger partial charge in [-0.3, -0.25) is 0 Å². The normalized spacial score (nSPS) is 24.7. The average molecular weight is 345 g/mol. The van der Waals surface area contributed by atoms with Gasteiger partial charge in [-0.2, -0.15) is 0 Å². The highest BCUT2D eigenvalue weighted by molar-refractivity contribution is 7.96. The fourth-order valence-electron chi connectivity index (χ4n) is 2.79. The smallest absolute Gasteiger partial charge is 0.183 e. The fraction of sp³-hybridized carbons (Fsp3) is 0.600. The molecule has 2 atom stereocenters. The van der Waals surface area contributed by atoms with Crippen LogP contribution in [0.4, 0.5) is 0 Å². The molecule has 0 radical (unpaired) electrons. The number of sulfone groups is 2. The first kappa shape index (κ1) is 17.4. The van der Waals surface area contributed by atoms with Gasteiger partial charge >= 0.3 is 0 Å². The van der Waals surface area contributed by atoms with Crippen LogP contribution in [0, 0.1) is 0 Å². The fourth-order valence-corrected chi connectivity index (χ4v) is 7.47. The molecule has 0 aliphatic carbocycles. The Balaban J connectivity index is 2.36. The average Bonchev–Trinajstić information content (AvgIpc) is 2.73. The molecule has 1 aliphatic heterocycles. The second-order valence-corrected chi connectivity index (χ2v) is 10.4. The van der Waals surface area contributed by atoms with Gasteiger partial charge in [-0.05, 0) is 24.1 Å². The lowest BCUT2D eigenvalue weighted by Crippen LogP contribution is -2.46. The molecule has 0 spiro atoms. The van der Waals surface area contributed by atoms with Crippen LogP contribution in [-0.2, 0) is 26.1 Å². The number of nitrogens with one attached hydrogen (secondary N) is 1. The quantitative estimate of drug-likeness (QED) is 0.867. The van der Waals surface area contributed by atoms with Gasteiger partial charge < -0.3 is 5.32 Å². The molecule has 1 aromatic rings. The maximum atomic E-state index is 12.8. The van der Waals surface area contributed by atoms with E-state index in [0.29, 0.717) is 0 Å². The third-order valence-electron chi connectivity index (χ3n) is 3.91. The second-order valence-electron chi connectivity index (χ2n) is 6.09. The molecule has 1 fully saturated rings. The summed E-state index contributed by atoms with van der Waals surface area (Å²) in [6.07, 6.45) is 0.829. The summed E-state index contributed by atoms with van der Waals surface area (Å²) < 4.78 is 49.4. The summed E-state index contributed by atoms with van der Waals surface area (Å²) in [5.41, 5.74) is 1.05. The van der Waals surface area contributed by atoms with Crippen molar-refractivity contribution in [2.24, 2.45) is 0 Å². The van der Waals surface area contributed by atoms with Crippen molar-refractivity contribution < 1.29 is 16.8 Å². The topological polar surface area (TPSA) is 80.3 Å². The van der Waals surface area contributed by atoms with E-state index in [2.05, 4.69) is 5.32 Å². The van der Waals surface area contributed by atoms with Gasteiger partial charge in [0.15, 0.2) is 19.7 Å². The van der Waals surface area contributed by atoms with Gasteiger partial charge in [-0.25, -0.2) is 16.8 Å². The maximum Gasteiger partial charge on any atom is 0.183 e. The van der Waals surface area contributed by atoms with Gasteiger partial charge in [0, 0.05) is 12.1 Å². The van der Waals surface area contributed by atoms with Crippen molar-refractivity contribution in [3.05, 3.63) is 29.8 Å². The van der Waals surface area contributed by atoms with Crippen molar-refractivity contribution in [2.45, 2.75) is 49.4 Å². The summed E-state index contributed by atoms with van der Waals surface area (Å²) in [5, 5.41) is 2.16. The number of aryl methyl sites for hydroxylation is 1. The van der Waals surface area contributed by atoms with Crippen LogP contribution in [0.5, 0.6) is 0 Å². The van der Waals surface area contributed by atoms with Crippen LogP contribution in [0.2, 0.25) is 0 Å². The van der Waals surface area contributed by atoms with Crippen LogP contribution in [0.15, 0.2) is 29.2 Å². The lowest BCUT2D eigenvalue weighted by molar-refractivity contribution is 0.484. The van der Waals surface area contributed by atoms with Gasteiger partial charge in [-0.1, -0.05) is 32.9 Å². The minimum absolute atomic E-state index is 0.0264. The number of hydrogen-bond acceptors (Lipinski definition) is 5. The zero-order valence-electron chi connectivity index (χ0n) is 13.1. The monoisotopic (exact) mass is 345 g/mol. The molecule has 1 saturated heterocycles. The van der Waals surface area contributed by atoms with Crippen molar-refractivity contribution in [1.29, 1.82) is 0 Å². The van der Waals surface area contributed by atoms with Gasteiger partial charge in [0.2, 0.25) is 0 Å². The molecular formula is C15H23NO4S2. The minimum Gasteiger partial charge on any atom is -0.309 e. The van der Waals surface area contributed by atoms with E-state index in [1.54, 1.807) is 24.3 Å². The minimum atomic E-state index is -3.67. The molecule has 0 unspecified atom stereocenters. The van der Waals surface area contributed by atoms with Gasteiger partial charge in [-0.15, -0.1) is 0 Å². The number of rotatable bonds is 5. The molecule has 22 heavy (non-hydrogen) atoms. The predicted molar refractivity (Wildman–Crippen MR) is 87.5 cm³/mol. The predicted octanol–water partition coefficient (Wildman–Crippen LogP) is 1.19. The van der Waals surface area contributed by atoms with Gasteiger partial charge in [0.1, 0.15) is 0 Å². The third-order valence-corrected chi connectivity index (χ3v) is 8.07. The number of hydrogen-bond donors (Lipinski definition) is 1. The standard InChI is InChI=1S/C15H23NO4S2/c1-4-12-5-7-13(8-6-12)22(19,20)15-10-21(17,18)9-14(15)16-11(2)3/h5-8,11,14-16H,4,9-10H2,1-3H3/t14-,15+/m1/s1. The number of benzene rings is 1. The van der Waals surface area contributed by atoms with Crippen molar-refractivity contribution in [3.8, 4) is 0 Å². The zero-order chi connectivity index (χ0) is 16.5. The molecule has 1 N–H and O–H groups in total. The van der Waals surface area contributed by atoms with E-state index in [0.717, 1.165) is 12.0 Å². The molecule has 1 aromatic carbocycles. The Bertz CT molecular complexity index is 721. The van der Waals surface area contributed by atoms with Crippen LogP contribution in [0.1, 0.15) is 26.3 Å². The lowest BCUT2D eigenvalue weighted by atomic mass is 10.2. The molecule has 0 saturated carbocycles. The molecule has 0 bridgehead atoms. The van der Waals surface area contributed by atoms with Crippen molar-refractivity contribution in [1.82, 2.24) is 5.32 Å². The van der Waals surface area contributed by atoms with Crippen molar-refractivity contribution in [3.63, 3.8) is 0 Å². The van der Waals surface area contributed by atoms with E-state index >= 15 is 0 Å². The van der Waals surface area contributed by atoms with Gasteiger partial charge in [0.05, 0.1) is 21.7 Å². The highest BCUT2D eigenvalue weighted by atomic mass is 32.2. The van der Waals surface area contributed by atoms with E-state index < -0.39 is 31.0 Å². The summed E-state index contributed by atoms with van der Waals surface area (Å²) >= 11 is 0. The Kier molecular flexibility index (Phi) is 4.99. The summed E-state index contributed by atoms with van der Waals surface area (Å²) in [4.78, 5) is 0.197. The van der Waals surface area contributed by atoms with Crippen molar-refractivity contribution in [2.75, 3.05) is 11.5 Å². The van der Waals surface area contributed by atoms with Crippen LogP contribution in [-0.4, -0.2) is 45.7 Å². The Labute approximate surface area is 133 Å². The summed E-state index contributed by atoms with van der Waals surface area (Å²) in [6.45, 7) is 5.75. The molecule has 1 heterocycles. The molecule has 124 valence electrons. The van der Waals surface area contributed by atoms with Gasteiger partial charge in [0.25, 0.3) is 0 Å². The highest BCUT2D eigenvalue weighted by Gasteiger charge is 2.45. The summed E-state index contributed by atoms with van der Waals surface area (Å²) in [6, 6.07) is 6.18. The lowest BCUT2D eigenvalue weighted by Gasteiger charge is -2.22. The highest BCUT2D eigenvalue weighted by Crippen LogP contribution is 2.26. The molecule has 7 heteroatoms. The van der Waals surface area contributed by atoms with Crippen LogP contribution in [0.25, 0.3) is 0 Å². The first-order chi connectivity index (χ1) is 10.2. The summed E-state index contributed by atoms with van der Waals surface area (Å²) in [5.74, 6) is -0.433. The Morgan fingerprint density at radius 2 is 1.77 bits per heavy atom. The molecule has 0 amide bonds. The third kappa shape index (κ3) is 3.70. The molecule has 0 aromatic heterocycles. The zero-order valence-corrected chi connectivity index (χ0v) is 14.7. The Morgan fingerprint density at radius 3 is 2.27 bits per heavy atom. The molecule has 2 rings (SSSR count). The largest absolute Gasteiger partial charge is 0.309 e. The molecule has 5 nitrogen and oxygen atoms in total. The van der Waals surface area contributed by atoms with Crippen LogP contribution >= 0.6 is 0 Å². The second kappa shape index (κ2) is 6.29. The first-order valence-corrected chi connectivity index (χ1v) is 10.8.